The minimum absolute atomic E-state index is 0.169. The van der Waals surface area contributed by atoms with Crippen molar-refractivity contribution in [1.29, 1.82) is 5.26 Å². The van der Waals surface area contributed by atoms with E-state index < -0.39 is 0 Å². The molecule has 2 rings (SSSR count). The Morgan fingerprint density at radius 3 is 2.55 bits per heavy atom. The summed E-state index contributed by atoms with van der Waals surface area (Å²) in [6, 6.07) is 12.5. The molecule has 1 heterocycles. The second-order valence-corrected chi connectivity index (χ2v) is 5.17. The number of nitriles is 1. The van der Waals surface area contributed by atoms with Crippen LogP contribution in [0.4, 0.5) is 0 Å². The molecule has 0 aromatic heterocycles. The molecule has 102 valence electrons. The van der Waals surface area contributed by atoms with Crippen LogP contribution >= 0.6 is 12.2 Å². The van der Waals surface area contributed by atoms with Gasteiger partial charge in [-0.3, -0.25) is 0 Å². The molecule has 1 aromatic carbocycles. The van der Waals surface area contributed by atoms with Crippen LogP contribution in [0.2, 0.25) is 0 Å². The van der Waals surface area contributed by atoms with Crippen molar-refractivity contribution in [3.8, 4) is 6.07 Å². The Hall–Kier alpha value is -2.12. The molecule has 1 aliphatic rings. The van der Waals surface area contributed by atoms with Crippen LogP contribution in [0.25, 0.3) is 5.57 Å². The molecule has 3 nitrogen and oxygen atoms in total. The molecule has 1 aromatic rings. The Kier molecular flexibility index (Phi) is 4.54. The first-order valence-corrected chi connectivity index (χ1v) is 6.94. The van der Waals surface area contributed by atoms with E-state index in [4.69, 9.17) is 23.2 Å². The van der Waals surface area contributed by atoms with E-state index in [2.05, 4.69) is 29.2 Å². The number of hydrogen-bond donors (Lipinski definition) is 1. The average molecular weight is 283 g/mol. The standard InChI is InChI=1S/C16H17N3S/c1-12(15(11-17)16(18)20)19-9-7-14(8-10-19)13-5-3-2-4-6-13/h2-7H,8-10H2,1H3,(H2,18,20)/b15-12+. The highest BCUT2D eigenvalue weighted by molar-refractivity contribution is 7.80. The van der Waals surface area contributed by atoms with Crippen LogP contribution in [0.3, 0.4) is 0 Å². The van der Waals surface area contributed by atoms with Gasteiger partial charge in [0.15, 0.2) is 0 Å². The summed E-state index contributed by atoms with van der Waals surface area (Å²) in [5.41, 5.74) is 9.48. The molecule has 0 amide bonds. The fourth-order valence-electron chi connectivity index (χ4n) is 2.36. The van der Waals surface area contributed by atoms with Crippen molar-refractivity contribution in [3.05, 3.63) is 53.2 Å². The minimum atomic E-state index is 0.169. The van der Waals surface area contributed by atoms with Gasteiger partial charge in [-0.25, -0.2) is 0 Å². The van der Waals surface area contributed by atoms with Crippen molar-refractivity contribution in [2.45, 2.75) is 13.3 Å². The smallest absolute Gasteiger partial charge is 0.116 e. The summed E-state index contributed by atoms with van der Waals surface area (Å²) in [6.45, 7) is 3.56. The molecular weight excluding hydrogens is 266 g/mol. The van der Waals surface area contributed by atoms with Crippen LogP contribution in [0.15, 0.2) is 47.7 Å². The zero-order valence-corrected chi connectivity index (χ0v) is 12.3. The first-order chi connectivity index (χ1) is 9.63. The van der Waals surface area contributed by atoms with Gasteiger partial charge in [0.1, 0.15) is 16.6 Å². The number of allylic oxidation sites excluding steroid dienone is 1. The molecule has 0 saturated heterocycles. The molecule has 2 N–H and O–H groups in total. The van der Waals surface area contributed by atoms with Gasteiger partial charge in [0.05, 0.1) is 0 Å². The highest BCUT2D eigenvalue weighted by atomic mass is 32.1. The molecule has 0 bridgehead atoms. The highest BCUT2D eigenvalue weighted by Crippen LogP contribution is 2.24. The average Bonchev–Trinajstić information content (AvgIpc) is 2.48. The third kappa shape index (κ3) is 3.06. The fraction of sp³-hybridized carbons (Fsp3) is 0.250. The van der Waals surface area contributed by atoms with E-state index >= 15 is 0 Å². The molecule has 0 atom stereocenters. The maximum atomic E-state index is 9.11. The SMILES string of the molecule is C/C(=C(/C#N)C(N)=S)N1CC=C(c2ccccc2)CC1. The van der Waals surface area contributed by atoms with E-state index in [0.717, 1.165) is 25.2 Å². The quantitative estimate of drug-likeness (QED) is 0.526. The van der Waals surface area contributed by atoms with E-state index in [-0.39, 0.29) is 4.99 Å². The summed E-state index contributed by atoms with van der Waals surface area (Å²) < 4.78 is 0. The Bertz CT molecular complexity index is 608. The van der Waals surface area contributed by atoms with Gasteiger partial charge in [0.25, 0.3) is 0 Å². The lowest BCUT2D eigenvalue weighted by Crippen LogP contribution is -2.29. The fourth-order valence-corrected chi connectivity index (χ4v) is 2.55. The van der Waals surface area contributed by atoms with Gasteiger partial charge in [0.2, 0.25) is 0 Å². The molecule has 4 heteroatoms. The molecule has 0 spiro atoms. The maximum Gasteiger partial charge on any atom is 0.116 e. The van der Waals surface area contributed by atoms with E-state index in [1.807, 2.05) is 25.1 Å². The second kappa shape index (κ2) is 6.36. The van der Waals surface area contributed by atoms with Gasteiger partial charge in [-0.1, -0.05) is 48.6 Å². The third-order valence-electron chi connectivity index (χ3n) is 3.55. The molecular formula is C16H17N3S. The summed E-state index contributed by atoms with van der Waals surface area (Å²) >= 11 is 4.92. The van der Waals surface area contributed by atoms with Crippen LogP contribution in [0.5, 0.6) is 0 Å². The minimum Gasteiger partial charge on any atom is -0.389 e. The number of nitrogens with zero attached hydrogens (tertiary/aromatic N) is 2. The highest BCUT2D eigenvalue weighted by Gasteiger charge is 2.16. The Morgan fingerprint density at radius 1 is 1.35 bits per heavy atom. The first kappa shape index (κ1) is 14.3. The zero-order valence-electron chi connectivity index (χ0n) is 11.5. The largest absolute Gasteiger partial charge is 0.389 e. The van der Waals surface area contributed by atoms with Crippen molar-refractivity contribution >= 4 is 22.8 Å². The predicted molar refractivity (Wildman–Crippen MR) is 85.7 cm³/mol. The van der Waals surface area contributed by atoms with Crippen molar-refractivity contribution in [2.75, 3.05) is 13.1 Å². The summed E-state index contributed by atoms with van der Waals surface area (Å²) in [5, 5.41) is 9.11. The molecule has 1 aliphatic heterocycles. The van der Waals surface area contributed by atoms with Gasteiger partial charge in [-0.2, -0.15) is 5.26 Å². The Morgan fingerprint density at radius 2 is 2.05 bits per heavy atom. The Labute approximate surface area is 125 Å². The summed E-state index contributed by atoms with van der Waals surface area (Å²) in [7, 11) is 0. The third-order valence-corrected chi connectivity index (χ3v) is 3.75. The molecule has 20 heavy (non-hydrogen) atoms. The zero-order chi connectivity index (χ0) is 14.5. The molecule has 0 radical (unpaired) electrons. The Balaban J connectivity index is 2.17. The number of thiocarbonyl (C=S) groups is 1. The number of hydrogen-bond acceptors (Lipinski definition) is 3. The van der Waals surface area contributed by atoms with Gasteiger partial charge in [-0.05, 0) is 24.5 Å². The summed E-state index contributed by atoms with van der Waals surface area (Å²) in [5.74, 6) is 0. The number of rotatable bonds is 3. The van der Waals surface area contributed by atoms with Crippen LogP contribution in [-0.4, -0.2) is 23.0 Å². The van der Waals surface area contributed by atoms with Crippen LogP contribution in [0.1, 0.15) is 18.9 Å². The van der Waals surface area contributed by atoms with Crippen molar-refractivity contribution in [2.24, 2.45) is 5.73 Å². The molecule has 0 aliphatic carbocycles. The molecule has 0 fully saturated rings. The first-order valence-electron chi connectivity index (χ1n) is 6.53. The molecule has 0 saturated carbocycles. The van der Waals surface area contributed by atoms with Crippen LogP contribution < -0.4 is 5.73 Å². The lowest BCUT2D eigenvalue weighted by molar-refractivity contribution is 0.378. The summed E-state index contributed by atoms with van der Waals surface area (Å²) in [6.07, 6.45) is 3.16. The normalized spacial score (nSPS) is 16.0. The van der Waals surface area contributed by atoms with Gasteiger partial charge < -0.3 is 10.6 Å². The van der Waals surface area contributed by atoms with Crippen molar-refractivity contribution in [3.63, 3.8) is 0 Å². The molecule has 0 unspecified atom stereocenters. The van der Waals surface area contributed by atoms with E-state index in [1.54, 1.807) is 0 Å². The van der Waals surface area contributed by atoms with Crippen molar-refractivity contribution < 1.29 is 0 Å². The second-order valence-electron chi connectivity index (χ2n) is 4.73. The predicted octanol–water partition coefficient (Wildman–Crippen LogP) is 2.86. The maximum absolute atomic E-state index is 9.11. The number of nitrogens with two attached hydrogens (primary N) is 1. The lowest BCUT2D eigenvalue weighted by Gasteiger charge is -2.29. The number of benzene rings is 1. The van der Waals surface area contributed by atoms with E-state index in [0.29, 0.717) is 5.57 Å². The van der Waals surface area contributed by atoms with Crippen LogP contribution in [0, 0.1) is 11.3 Å². The monoisotopic (exact) mass is 283 g/mol. The van der Waals surface area contributed by atoms with Gasteiger partial charge in [-0.15, -0.1) is 0 Å². The van der Waals surface area contributed by atoms with Crippen molar-refractivity contribution in [1.82, 2.24) is 4.90 Å². The van der Waals surface area contributed by atoms with E-state index in [9.17, 15) is 0 Å². The van der Waals surface area contributed by atoms with Gasteiger partial charge in [0, 0.05) is 18.8 Å². The lowest BCUT2D eigenvalue weighted by atomic mass is 9.99. The van der Waals surface area contributed by atoms with E-state index in [1.165, 1.54) is 11.1 Å². The topological polar surface area (TPSA) is 53.1 Å². The summed E-state index contributed by atoms with van der Waals surface area (Å²) in [4.78, 5) is 2.31. The van der Waals surface area contributed by atoms with Crippen LogP contribution in [-0.2, 0) is 0 Å². The van der Waals surface area contributed by atoms with Gasteiger partial charge >= 0.3 is 0 Å².